The summed E-state index contributed by atoms with van der Waals surface area (Å²) in [5.74, 6) is 0.497. The van der Waals surface area contributed by atoms with E-state index >= 15 is 0 Å². The van der Waals surface area contributed by atoms with Crippen LogP contribution in [0.25, 0.3) is 10.2 Å². The molecule has 8 nitrogen and oxygen atoms in total. The monoisotopic (exact) mass is 561 g/mol. The predicted molar refractivity (Wildman–Crippen MR) is 152 cm³/mol. The lowest BCUT2D eigenvalue weighted by Crippen LogP contribution is -2.45. The molecule has 5 rings (SSSR count). The van der Waals surface area contributed by atoms with Gasteiger partial charge in [0, 0.05) is 6.54 Å². The minimum Gasteiger partial charge on any atom is -0.497 e. The minimum atomic E-state index is -0.892. The smallest absolute Gasteiger partial charge is 0.257 e. The maximum absolute atomic E-state index is 13.6. The molecule has 0 spiro atoms. The maximum Gasteiger partial charge on any atom is 0.257 e. The van der Waals surface area contributed by atoms with Crippen molar-refractivity contribution in [3.8, 4) is 11.5 Å². The summed E-state index contributed by atoms with van der Waals surface area (Å²) in [6.45, 7) is 2.73. The molecule has 1 aliphatic rings. The lowest BCUT2D eigenvalue weighted by molar-refractivity contribution is -0.136. The molecule has 39 heavy (non-hydrogen) atoms. The van der Waals surface area contributed by atoms with Crippen LogP contribution in [0.3, 0.4) is 0 Å². The Kier molecular flexibility index (Phi) is 8.13. The predicted octanol–water partition coefficient (Wildman–Crippen LogP) is 5.16. The van der Waals surface area contributed by atoms with Gasteiger partial charge in [0.1, 0.15) is 17.5 Å². The van der Waals surface area contributed by atoms with E-state index in [-0.39, 0.29) is 30.5 Å². The van der Waals surface area contributed by atoms with E-state index in [1.54, 1.807) is 31.4 Å². The molecule has 0 radical (unpaired) electrons. The van der Waals surface area contributed by atoms with Gasteiger partial charge in [-0.1, -0.05) is 42.1 Å². The first-order chi connectivity index (χ1) is 19.0. The molecule has 1 atom stereocenters. The SMILES string of the molecule is CCOc1ccc2nc(SCC(=O)N(Cc3ccccc3)C3CC(=O)N(c4ccc(OC)cc4)C3=O)sc2c1. The second kappa shape index (κ2) is 11.9. The average molecular weight is 562 g/mol. The second-order valence-corrected chi connectivity index (χ2v) is 11.1. The van der Waals surface area contributed by atoms with Gasteiger partial charge in [-0.05, 0) is 55.0 Å². The van der Waals surface area contributed by atoms with Crippen LogP contribution in [0.2, 0.25) is 0 Å². The summed E-state index contributed by atoms with van der Waals surface area (Å²) >= 11 is 2.82. The van der Waals surface area contributed by atoms with Gasteiger partial charge in [-0.15, -0.1) is 11.3 Å². The van der Waals surface area contributed by atoms with Crippen molar-refractivity contribution in [2.75, 3.05) is 24.4 Å². The van der Waals surface area contributed by atoms with Gasteiger partial charge in [0.2, 0.25) is 11.8 Å². The van der Waals surface area contributed by atoms with Gasteiger partial charge in [0.05, 0.1) is 41.8 Å². The molecular formula is C29H27N3O5S2. The molecule has 1 fully saturated rings. The van der Waals surface area contributed by atoms with Crippen molar-refractivity contribution in [2.24, 2.45) is 0 Å². The van der Waals surface area contributed by atoms with Crippen molar-refractivity contribution in [1.29, 1.82) is 0 Å². The van der Waals surface area contributed by atoms with E-state index in [9.17, 15) is 14.4 Å². The van der Waals surface area contributed by atoms with Crippen molar-refractivity contribution in [3.05, 3.63) is 78.4 Å². The highest BCUT2D eigenvalue weighted by Crippen LogP contribution is 2.33. The summed E-state index contributed by atoms with van der Waals surface area (Å²) in [4.78, 5) is 47.4. The van der Waals surface area contributed by atoms with Crippen molar-refractivity contribution < 1.29 is 23.9 Å². The highest BCUT2D eigenvalue weighted by molar-refractivity contribution is 8.01. The molecule has 0 aliphatic carbocycles. The van der Waals surface area contributed by atoms with Gasteiger partial charge in [-0.25, -0.2) is 9.88 Å². The summed E-state index contributed by atoms with van der Waals surface area (Å²) in [5.41, 5.74) is 2.17. The molecule has 0 saturated carbocycles. The van der Waals surface area contributed by atoms with Crippen LogP contribution in [0.1, 0.15) is 18.9 Å². The van der Waals surface area contributed by atoms with Crippen LogP contribution in [0, 0.1) is 0 Å². The highest BCUT2D eigenvalue weighted by atomic mass is 32.2. The molecule has 1 saturated heterocycles. The number of rotatable bonds is 10. The maximum atomic E-state index is 13.6. The van der Waals surface area contributed by atoms with E-state index in [0.29, 0.717) is 18.0 Å². The van der Waals surface area contributed by atoms with E-state index in [2.05, 4.69) is 4.98 Å². The molecule has 10 heteroatoms. The Morgan fingerprint density at radius 3 is 2.54 bits per heavy atom. The quantitative estimate of drug-likeness (QED) is 0.195. The summed E-state index contributed by atoms with van der Waals surface area (Å²) < 4.78 is 12.5. The van der Waals surface area contributed by atoms with E-state index in [4.69, 9.17) is 9.47 Å². The number of imide groups is 1. The van der Waals surface area contributed by atoms with Crippen LogP contribution in [-0.2, 0) is 20.9 Å². The molecule has 3 aromatic carbocycles. The Bertz CT molecular complexity index is 1490. The normalized spacial score (nSPS) is 15.1. The highest BCUT2D eigenvalue weighted by Gasteiger charge is 2.44. The largest absolute Gasteiger partial charge is 0.497 e. The molecule has 1 aromatic heterocycles. The van der Waals surface area contributed by atoms with Crippen LogP contribution in [0.5, 0.6) is 11.5 Å². The molecule has 3 amide bonds. The molecule has 4 aromatic rings. The first kappa shape index (κ1) is 26.7. The van der Waals surface area contributed by atoms with Gasteiger partial charge in [-0.3, -0.25) is 14.4 Å². The summed E-state index contributed by atoms with van der Waals surface area (Å²) in [7, 11) is 1.55. The number of benzene rings is 3. The molecular weight excluding hydrogens is 534 g/mol. The molecule has 0 bridgehead atoms. The number of thiazole rings is 1. The van der Waals surface area contributed by atoms with E-state index in [0.717, 1.165) is 30.8 Å². The van der Waals surface area contributed by atoms with Gasteiger partial charge < -0.3 is 14.4 Å². The Labute approximate surface area is 234 Å². The fourth-order valence-corrected chi connectivity index (χ4v) is 6.41. The van der Waals surface area contributed by atoms with Crippen molar-refractivity contribution >= 4 is 56.7 Å². The fourth-order valence-electron chi connectivity index (χ4n) is 4.42. The minimum absolute atomic E-state index is 0.0740. The molecule has 200 valence electrons. The zero-order valence-corrected chi connectivity index (χ0v) is 23.2. The lowest BCUT2D eigenvalue weighted by atomic mass is 10.1. The molecule has 2 heterocycles. The number of ether oxygens (including phenoxy) is 2. The van der Waals surface area contributed by atoms with Crippen LogP contribution in [-0.4, -0.2) is 53.1 Å². The zero-order valence-electron chi connectivity index (χ0n) is 21.5. The van der Waals surface area contributed by atoms with Gasteiger partial charge in [0.15, 0.2) is 4.34 Å². The number of fused-ring (bicyclic) bond motifs is 1. The summed E-state index contributed by atoms with van der Waals surface area (Å²) in [6.07, 6.45) is -0.0740. The number of hydrogen-bond acceptors (Lipinski definition) is 8. The van der Waals surface area contributed by atoms with E-state index in [1.807, 2.05) is 55.5 Å². The topological polar surface area (TPSA) is 89.0 Å². The van der Waals surface area contributed by atoms with E-state index < -0.39 is 11.9 Å². The Balaban J connectivity index is 1.35. The van der Waals surface area contributed by atoms with Crippen LogP contribution < -0.4 is 14.4 Å². The number of amides is 3. The van der Waals surface area contributed by atoms with Gasteiger partial charge in [-0.2, -0.15) is 0 Å². The summed E-state index contributed by atoms with van der Waals surface area (Å²) in [5, 5.41) is 0. The number of carbonyl (C=O) groups excluding carboxylic acids is 3. The Hall–Kier alpha value is -3.89. The number of carbonyl (C=O) groups is 3. The number of hydrogen-bond donors (Lipinski definition) is 0. The third-order valence-electron chi connectivity index (χ3n) is 6.32. The number of thioether (sulfide) groups is 1. The number of anilines is 1. The first-order valence-corrected chi connectivity index (χ1v) is 14.3. The third-order valence-corrected chi connectivity index (χ3v) is 8.46. The van der Waals surface area contributed by atoms with Gasteiger partial charge in [0.25, 0.3) is 5.91 Å². The standard InChI is InChI=1S/C29H27N3O5S2/c1-3-37-22-13-14-23-25(15-22)39-29(30-23)38-18-27(34)31(17-19-7-5-4-6-8-19)24-16-26(33)32(28(24)35)20-9-11-21(36-2)12-10-20/h4-15,24H,3,16-18H2,1-2H3. The number of methoxy groups -OCH3 is 1. The van der Waals surface area contributed by atoms with Gasteiger partial charge >= 0.3 is 0 Å². The second-order valence-electron chi connectivity index (χ2n) is 8.82. The van der Waals surface area contributed by atoms with Crippen molar-refractivity contribution in [3.63, 3.8) is 0 Å². The molecule has 1 aliphatic heterocycles. The van der Waals surface area contributed by atoms with Crippen molar-refractivity contribution in [1.82, 2.24) is 9.88 Å². The Morgan fingerprint density at radius 1 is 1.08 bits per heavy atom. The molecule has 1 unspecified atom stereocenters. The lowest BCUT2D eigenvalue weighted by Gasteiger charge is -2.27. The fraction of sp³-hybridized carbons (Fsp3) is 0.241. The molecule has 0 N–H and O–H groups in total. The third kappa shape index (κ3) is 5.91. The zero-order chi connectivity index (χ0) is 27.4. The Morgan fingerprint density at radius 2 is 1.82 bits per heavy atom. The number of nitrogens with zero attached hydrogens (tertiary/aromatic N) is 3. The first-order valence-electron chi connectivity index (χ1n) is 12.5. The van der Waals surface area contributed by atoms with E-state index in [1.165, 1.54) is 28.0 Å². The number of aromatic nitrogens is 1. The average Bonchev–Trinajstić information content (AvgIpc) is 3.50. The van der Waals surface area contributed by atoms with Crippen LogP contribution in [0.4, 0.5) is 5.69 Å². The van der Waals surface area contributed by atoms with Crippen LogP contribution >= 0.6 is 23.1 Å². The van der Waals surface area contributed by atoms with Crippen LogP contribution in [0.15, 0.2) is 77.1 Å². The van der Waals surface area contributed by atoms with Crippen molar-refractivity contribution in [2.45, 2.75) is 30.3 Å². The summed E-state index contributed by atoms with van der Waals surface area (Å²) in [6, 6.07) is 21.0.